The highest BCUT2D eigenvalue weighted by Crippen LogP contribution is 2.38. The van der Waals surface area contributed by atoms with Crippen molar-refractivity contribution in [2.75, 3.05) is 0 Å². The van der Waals surface area contributed by atoms with Crippen LogP contribution in [0.2, 0.25) is 18.1 Å². The first kappa shape index (κ1) is 23.9. The van der Waals surface area contributed by atoms with Gasteiger partial charge in [-0.1, -0.05) is 63.3 Å². The molecule has 0 aliphatic heterocycles. The van der Waals surface area contributed by atoms with Gasteiger partial charge < -0.3 is 9.53 Å². The van der Waals surface area contributed by atoms with Crippen LogP contribution >= 0.6 is 0 Å². The average molecular weight is 389 g/mol. The van der Waals surface area contributed by atoms with E-state index in [1.165, 1.54) is 11.1 Å². The third-order valence-electron chi connectivity index (χ3n) is 5.70. The van der Waals surface area contributed by atoms with Crippen LogP contribution in [-0.2, 0) is 10.8 Å². The Morgan fingerprint density at radius 3 is 2.37 bits per heavy atom. The summed E-state index contributed by atoms with van der Waals surface area (Å²) in [5, 5.41) is 10.3. The van der Waals surface area contributed by atoms with Gasteiger partial charge in [0.2, 0.25) is 0 Å². The number of benzene rings is 1. The van der Waals surface area contributed by atoms with Gasteiger partial charge in [-0.3, -0.25) is 0 Å². The normalized spacial score (nSPS) is 15.4. The molecule has 0 fully saturated rings. The number of hydrogen-bond acceptors (Lipinski definition) is 2. The Hall–Kier alpha value is -1.16. The summed E-state index contributed by atoms with van der Waals surface area (Å²) in [7, 11) is -1.86. The summed E-state index contributed by atoms with van der Waals surface area (Å²) in [6, 6.07) is 10.6. The first-order valence-electron chi connectivity index (χ1n) is 10.2. The molecule has 0 heterocycles. The number of aliphatic hydroxyl groups excluding tert-OH is 1. The highest BCUT2D eigenvalue weighted by molar-refractivity contribution is 6.74. The quantitative estimate of drug-likeness (QED) is 0.339. The molecule has 0 aromatic heterocycles. The van der Waals surface area contributed by atoms with Crippen molar-refractivity contribution >= 4 is 8.32 Å². The smallest absolute Gasteiger partial charge is 0.192 e. The van der Waals surface area contributed by atoms with E-state index in [1.54, 1.807) is 0 Å². The molecule has 0 spiro atoms. The molecule has 152 valence electrons. The van der Waals surface area contributed by atoms with Gasteiger partial charge in [-0.05, 0) is 68.3 Å². The standard InChI is InChI=1S/C24H40O2Si/c1-8-9-15-22(25)18-16-20(2)23(26-27(6,7)24(3,4)5)19-17-21-13-11-10-12-14-21/h8,10-14,16,22-23,25H,1,9,15,17-19H2,2-7H3/b20-16+/t22-,23-/m1/s1. The summed E-state index contributed by atoms with van der Waals surface area (Å²) in [5.41, 5.74) is 2.59. The van der Waals surface area contributed by atoms with E-state index in [4.69, 9.17) is 4.43 Å². The molecule has 1 aromatic carbocycles. The van der Waals surface area contributed by atoms with Crippen molar-refractivity contribution in [1.82, 2.24) is 0 Å². The Labute approximate surface area is 168 Å². The zero-order chi connectivity index (χ0) is 20.5. The van der Waals surface area contributed by atoms with Gasteiger partial charge >= 0.3 is 0 Å². The molecule has 1 aromatic rings. The van der Waals surface area contributed by atoms with Gasteiger partial charge in [0.25, 0.3) is 0 Å². The Morgan fingerprint density at radius 2 is 1.81 bits per heavy atom. The van der Waals surface area contributed by atoms with Gasteiger partial charge in [0.05, 0.1) is 12.2 Å². The van der Waals surface area contributed by atoms with Gasteiger partial charge in [0, 0.05) is 0 Å². The van der Waals surface area contributed by atoms with Crippen molar-refractivity contribution in [1.29, 1.82) is 0 Å². The largest absolute Gasteiger partial charge is 0.410 e. The van der Waals surface area contributed by atoms with Crippen LogP contribution in [-0.4, -0.2) is 25.6 Å². The van der Waals surface area contributed by atoms with E-state index in [-0.39, 0.29) is 17.2 Å². The number of rotatable bonds is 11. The Kier molecular flexibility index (Phi) is 9.72. The van der Waals surface area contributed by atoms with Gasteiger partial charge in [-0.25, -0.2) is 0 Å². The topological polar surface area (TPSA) is 29.5 Å². The van der Waals surface area contributed by atoms with Gasteiger partial charge in [0.15, 0.2) is 8.32 Å². The van der Waals surface area contributed by atoms with Crippen LogP contribution in [0.15, 0.2) is 54.6 Å². The van der Waals surface area contributed by atoms with E-state index in [0.29, 0.717) is 6.42 Å². The molecule has 2 nitrogen and oxygen atoms in total. The van der Waals surface area contributed by atoms with Crippen molar-refractivity contribution in [3.05, 3.63) is 60.2 Å². The minimum atomic E-state index is -1.86. The van der Waals surface area contributed by atoms with Crippen molar-refractivity contribution in [3.8, 4) is 0 Å². The fourth-order valence-corrected chi connectivity index (χ4v) is 4.10. The molecule has 3 heteroatoms. The van der Waals surface area contributed by atoms with Crippen LogP contribution in [0.1, 0.15) is 58.9 Å². The van der Waals surface area contributed by atoms with Gasteiger partial charge in [-0.15, -0.1) is 6.58 Å². The van der Waals surface area contributed by atoms with E-state index in [2.05, 4.69) is 83.8 Å². The highest BCUT2D eigenvalue weighted by atomic mass is 28.4. The second kappa shape index (κ2) is 11.0. The molecule has 1 N–H and O–H groups in total. The molecule has 27 heavy (non-hydrogen) atoms. The third-order valence-corrected chi connectivity index (χ3v) is 10.2. The van der Waals surface area contributed by atoms with Crippen LogP contribution < -0.4 is 0 Å². The summed E-state index contributed by atoms with van der Waals surface area (Å²) >= 11 is 0. The first-order chi connectivity index (χ1) is 12.6. The second-order valence-corrected chi connectivity index (χ2v) is 13.9. The lowest BCUT2D eigenvalue weighted by atomic mass is 10.0. The van der Waals surface area contributed by atoms with Crippen LogP contribution in [0, 0.1) is 0 Å². The first-order valence-corrected chi connectivity index (χ1v) is 13.1. The lowest BCUT2D eigenvalue weighted by Crippen LogP contribution is -2.44. The lowest BCUT2D eigenvalue weighted by molar-refractivity contribution is 0.167. The molecule has 0 radical (unpaired) electrons. The summed E-state index contributed by atoms with van der Waals surface area (Å²) in [4.78, 5) is 0. The summed E-state index contributed by atoms with van der Waals surface area (Å²) in [5.74, 6) is 0. The van der Waals surface area contributed by atoms with E-state index in [1.807, 2.05) is 6.08 Å². The van der Waals surface area contributed by atoms with Crippen molar-refractivity contribution < 1.29 is 9.53 Å². The molecular weight excluding hydrogens is 348 g/mol. The molecule has 1 rings (SSSR count). The average Bonchev–Trinajstić information content (AvgIpc) is 2.61. The van der Waals surface area contributed by atoms with Crippen molar-refractivity contribution in [2.45, 2.75) is 90.1 Å². The molecule has 0 bridgehead atoms. The van der Waals surface area contributed by atoms with Crippen LogP contribution in [0.4, 0.5) is 0 Å². The third kappa shape index (κ3) is 8.59. The monoisotopic (exact) mass is 388 g/mol. The summed E-state index contributed by atoms with van der Waals surface area (Å²) in [6.07, 6.45) is 8.13. The predicted molar refractivity (Wildman–Crippen MR) is 121 cm³/mol. The zero-order valence-electron chi connectivity index (χ0n) is 18.3. The molecule has 0 aliphatic carbocycles. The van der Waals surface area contributed by atoms with Crippen molar-refractivity contribution in [2.24, 2.45) is 0 Å². The molecule has 0 unspecified atom stereocenters. The molecule has 0 saturated heterocycles. The van der Waals surface area contributed by atoms with Crippen molar-refractivity contribution in [3.63, 3.8) is 0 Å². The fourth-order valence-electron chi connectivity index (χ4n) is 2.74. The Morgan fingerprint density at radius 1 is 1.19 bits per heavy atom. The van der Waals surface area contributed by atoms with E-state index >= 15 is 0 Å². The van der Waals surface area contributed by atoms with Gasteiger partial charge in [0.1, 0.15) is 0 Å². The highest BCUT2D eigenvalue weighted by Gasteiger charge is 2.39. The zero-order valence-corrected chi connectivity index (χ0v) is 19.3. The van der Waals surface area contributed by atoms with E-state index in [0.717, 1.165) is 25.7 Å². The fraction of sp³-hybridized carbons (Fsp3) is 0.583. The lowest BCUT2D eigenvalue weighted by Gasteiger charge is -2.39. The van der Waals surface area contributed by atoms with Crippen LogP contribution in [0.25, 0.3) is 0 Å². The Balaban J connectivity index is 2.86. The number of allylic oxidation sites excluding steroid dienone is 1. The molecule has 2 atom stereocenters. The number of hydrogen-bond donors (Lipinski definition) is 1. The van der Waals surface area contributed by atoms with E-state index in [9.17, 15) is 5.11 Å². The second-order valence-electron chi connectivity index (χ2n) is 9.09. The molecule has 0 amide bonds. The predicted octanol–water partition coefficient (Wildman–Crippen LogP) is 6.67. The maximum Gasteiger partial charge on any atom is 0.192 e. The summed E-state index contributed by atoms with van der Waals surface area (Å²) in [6.45, 7) is 17.4. The van der Waals surface area contributed by atoms with E-state index < -0.39 is 8.32 Å². The molecule has 0 aliphatic rings. The summed E-state index contributed by atoms with van der Waals surface area (Å²) < 4.78 is 6.77. The Bertz CT molecular complexity index is 584. The molecule has 0 saturated carbocycles. The number of aliphatic hydroxyl groups is 1. The van der Waals surface area contributed by atoms with Crippen LogP contribution in [0.3, 0.4) is 0 Å². The number of aryl methyl sites for hydroxylation is 1. The maximum atomic E-state index is 10.2. The maximum absolute atomic E-state index is 10.2. The minimum absolute atomic E-state index is 0.109. The SMILES string of the molecule is C=CCC[C@@H](O)C/C=C(\C)[C@@H](CCc1ccccc1)O[Si](C)(C)C(C)(C)C. The molecular formula is C24H40O2Si. The van der Waals surface area contributed by atoms with Gasteiger partial charge in [-0.2, -0.15) is 0 Å². The van der Waals surface area contributed by atoms with Crippen LogP contribution in [0.5, 0.6) is 0 Å². The minimum Gasteiger partial charge on any atom is -0.410 e.